The maximum atomic E-state index is 12.8. The first-order valence-corrected chi connectivity index (χ1v) is 6.72. The molecular weight excluding hydrogens is 452 g/mol. The first kappa shape index (κ1) is 25.0. The monoisotopic (exact) mass is 452 g/mol. The fourth-order valence-corrected chi connectivity index (χ4v) is 2.49. The van der Waals surface area contributed by atoms with Gasteiger partial charge in [0.2, 0.25) is 0 Å². The summed E-state index contributed by atoms with van der Waals surface area (Å²) in [4.78, 5) is 0. The Morgan fingerprint density at radius 2 is 0.769 bits per heavy atom. The highest BCUT2D eigenvalue weighted by Gasteiger charge is 2.83. The zero-order valence-corrected chi connectivity index (χ0v) is 11.8. The molecule has 0 bridgehead atoms. The van der Waals surface area contributed by atoms with Crippen LogP contribution in [0.2, 0.25) is 0 Å². The van der Waals surface area contributed by atoms with Crippen molar-refractivity contribution in [3.05, 3.63) is 0 Å². The van der Waals surface area contributed by atoms with E-state index >= 15 is 0 Å². The maximum Gasteiger partial charge on any atom is 0.633 e. The Kier molecular flexibility index (Phi) is 6.29. The van der Waals surface area contributed by atoms with Gasteiger partial charge >= 0.3 is 45.5 Å². The van der Waals surface area contributed by atoms with Gasteiger partial charge in [-0.2, -0.15) is 43.9 Å². The molecule has 26 heavy (non-hydrogen) atoms. The lowest BCUT2D eigenvalue weighted by Gasteiger charge is -2.36. The number of hydrogen-bond donors (Lipinski definition) is 0. The van der Waals surface area contributed by atoms with Crippen molar-refractivity contribution in [1.82, 2.24) is 0 Å². The molecule has 3 nitrogen and oxygen atoms in total. The second-order valence-corrected chi connectivity index (χ2v) is 6.13. The predicted molar refractivity (Wildman–Crippen MR) is 43.1 cm³/mol. The van der Waals surface area contributed by atoms with E-state index in [4.69, 9.17) is 0 Å². The second-order valence-electron chi connectivity index (χ2n) is 3.84. The average molecular weight is 452 g/mol. The van der Waals surface area contributed by atoms with Crippen LogP contribution < -0.4 is 0 Å². The van der Waals surface area contributed by atoms with Gasteiger partial charge in [0.15, 0.2) is 0 Å². The fourth-order valence-electron chi connectivity index (χ4n) is 0.939. The minimum atomic E-state index is -9.07. The van der Waals surface area contributed by atoms with Gasteiger partial charge in [-0.05, 0) is 0 Å². The summed E-state index contributed by atoms with van der Waals surface area (Å²) in [5.74, 6) is -15.0. The molecule has 0 amide bonds. The van der Waals surface area contributed by atoms with Gasteiger partial charge in [-0.1, -0.05) is 0 Å². The highest BCUT2D eigenvalue weighted by atomic mass is 28.4. The van der Waals surface area contributed by atoms with Crippen LogP contribution in [0.3, 0.4) is 0 Å². The van der Waals surface area contributed by atoms with Crippen LogP contribution in [-0.2, 0) is 13.3 Å². The standard InChI is InChI=1S/C6F16O3Si/c7-1(8,2(9,10)11)3(12,13)23-26(6(20,21)22,24-4(14,15)16)25-5(17,18)19. The summed E-state index contributed by atoms with van der Waals surface area (Å²) < 4.78 is 200. The third-order valence-corrected chi connectivity index (χ3v) is 4.05. The van der Waals surface area contributed by atoms with Gasteiger partial charge in [0.1, 0.15) is 0 Å². The molecule has 20 heteroatoms. The van der Waals surface area contributed by atoms with Crippen molar-refractivity contribution >= 4 is 8.80 Å². The van der Waals surface area contributed by atoms with Gasteiger partial charge in [-0.15, -0.1) is 26.3 Å². The van der Waals surface area contributed by atoms with E-state index in [1.807, 2.05) is 0 Å². The minimum Gasteiger partial charge on any atom is -0.302 e. The Morgan fingerprint density at radius 3 is 0.962 bits per heavy atom. The van der Waals surface area contributed by atoms with Gasteiger partial charge in [0, 0.05) is 0 Å². The zero-order chi connectivity index (χ0) is 21.6. The quantitative estimate of drug-likeness (QED) is 0.439. The Labute approximate surface area is 130 Å². The lowest BCUT2D eigenvalue weighted by molar-refractivity contribution is -0.429. The molecule has 0 unspecified atom stereocenters. The van der Waals surface area contributed by atoms with E-state index in [2.05, 4.69) is 0 Å². The lowest BCUT2D eigenvalue weighted by Crippen LogP contribution is -2.68. The van der Waals surface area contributed by atoms with E-state index < -0.39 is 45.5 Å². The van der Waals surface area contributed by atoms with Gasteiger partial charge < -0.3 is 4.43 Å². The van der Waals surface area contributed by atoms with Crippen molar-refractivity contribution in [2.75, 3.05) is 0 Å². The zero-order valence-electron chi connectivity index (χ0n) is 10.8. The molecule has 0 N–H and O–H groups in total. The number of rotatable bonds is 5. The van der Waals surface area contributed by atoms with Crippen LogP contribution in [-0.4, -0.2) is 45.5 Å². The van der Waals surface area contributed by atoms with E-state index in [0.717, 1.165) is 0 Å². The van der Waals surface area contributed by atoms with Crippen LogP contribution >= 0.6 is 0 Å². The van der Waals surface area contributed by atoms with Crippen LogP contribution in [0.5, 0.6) is 0 Å². The SMILES string of the molecule is FC(F)(F)O[Si](OC(F)(F)F)(OC(F)(F)C(F)(F)C(F)(F)F)C(F)(F)F. The van der Waals surface area contributed by atoms with Gasteiger partial charge in [0.05, 0.1) is 0 Å². The molecule has 0 spiro atoms. The Balaban J connectivity index is 6.41. The van der Waals surface area contributed by atoms with E-state index in [-0.39, 0.29) is 0 Å². The van der Waals surface area contributed by atoms with Crippen LogP contribution in [0.4, 0.5) is 70.2 Å². The lowest BCUT2D eigenvalue weighted by atomic mass is 10.3. The molecular formula is C6F16O3Si. The second kappa shape index (κ2) is 6.55. The van der Waals surface area contributed by atoms with Crippen LogP contribution in [0.15, 0.2) is 0 Å². The first-order chi connectivity index (χ1) is 10.9. The number of hydrogen-bond acceptors (Lipinski definition) is 3. The van der Waals surface area contributed by atoms with Crippen molar-refractivity contribution in [1.29, 1.82) is 0 Å². The molecule has 0 aromatic rings. The predicted octanol–water partition coefficient (Wildman–Crippen LogP) is 4.91. The van der Waals surface area contributed by atoms with E-state index in [1.165, 1.54) is 0 Å². The molecule has 0 aliphatic heterocycles. The van der Waals surface area contributed by atoms with Crippen LogP contribution in [0, 0.1) is 0 Å². The fraction of sp³-hybridized carbons (Fsp3) is 1.00. The van der Waals surface area contributed by atoms with Crippen molar-refractivity contribution in [2.24, 2.45) is 0 Å². The molecule has 0 saturated heterocycles. The topological polar surface area (TPSA) is 27.7 Å². The Hall–Kier alpha value is -1.02. The smallest absolute Gasteiger partial charge is 0.302 e. The molecule has 0 aromatic carbocycles. The molecule has 0 saturated carbocycles. The molecule has 0 aliphatic rings. The molecule has 0 atom stereocenters. The summed E-state index contributed by atoms with van der Waals surface area (Å²) in [7, 11) is -9.07. The van der Waals surface area contributed by atoms with Gasteiger partial charge in [-0.3, -0.25) is 8.85 Å². The third-order valence-electron chi connectivity index (χ3n) is 1.83. The normalized spacial score (nSPS) is 16.2. The summed E-state index contributed by atoms with van der Waals surface area (Å²) in [6.45, 7) is 0. The van der Waals surface area contributed by atoms with Gasteiger partial charge in [-0.25, -0.2) is 0 Å². The van der Waals surface area contributed by atoms with Crippen molar-refractivity contribution in [2.45, 2.75) is 36.7 Å². The van der Waals surface area contributed by atoms with E-state index in [9.17, 15) is 70.2 Å². The summed E-state index contributed by atoms with van der Waals surface area (Å²) >= 11 is 0. The van der Waals surface area contributed by atoms with Crippen LogP contribution in [0.1, 0.15) is 0 Å². The van der Waals surface area contributed by atoms with Crippen molar-refractivity contribution in [3.63, 3.8) is 0 Å². The summed E-state index contributed by atoms with van der Waals surface area (Å²) in [5, 5.41) is 0. The van der Waals surface area contributed by atoms with E-state index in [0.29, 0.717) is 0 Å². The van der Waals surface area contributed by atoms with Crippen molar-refractivity contribution in [3.8, 4) is 0 Å². The highest BCUT2D eigenvalue weighted by Crippen LogP contribution is 2.51. The molecule has 0 radical (unpaired) electrons. The molecule has 0 heterocycles. The molecule has 0 rings (SSSR count). The Morgan fingerprint density at radius 1 is 0.462 bits per heavy atom. The van der Waals surface area contributed by atoms with Gasteiger partial charge in [0.25, 0.3) is 0 Å². The van der Waals surface area contributed by atoms with E-state index in [1.54, 1.807) is 13.3 Å². The first-order valence-electron chi connectivity index (χ1n) is 5.00. The summed E-state index contributed by atoms with van der Waals surface area (Å²) in [6.07, 6.45) is -28.9. The largest absolute Gasteiger partial charge is 0.633 e. The Bertz CT molecular complexity index is 468. The minimum absolute atomic E-state index is 1.66. The molecule has 158 valence electrons. The number of alkyl halides is 16. The summed E-state index contributed by atoms with van der Waals surface area (Å²) in [6, 6.07) is 0. The molecule has 0 aromatic heterocycles. The maximum absolute atomic E-state index is 12.8. The molecule has 0 aliphatic carbocycles. The highest BCUT2D eigenvalue weighted by molar-refractivity contribution is 6.63. The number of halogens is 16. The van der Waals surface area contributed by atoms with Crippen molar-refractivity contribution < 1.29 is 83.5 Å². The molecule has 0 fully saturated rings. The average Bonchev–Trinajstić information content (AvgIpc) is 2.18. The summed E-state index contributed by atoms with van der Waals surface area (Å²) in [5.41, 5.74) is 0. The van der Waals surface area contributed by atoms with Crippen LogP contribution in [0.25, 0.3) is 0 Å². The third kappa shape index (κ3) is 5.74.